The van der Waals surface area contributed by atoms with E-state index in [1.807, 2.05) is 31.2 Å². The second-order valence-electron chi connectivity index (χ2n) is 5.54. The van der Waals surface area contributed by atoms with Crippen LogP contribution in [-0.2, 0) is 4.79 Å². The number of carbonyl (C=O) groups is 1. The number of aryl methyl sites for hydroxylation is 1. The monoisotopic (exact) mass is 315 g/mol. The molecule has 0 N–H and O–H groups in total. The van der Waals surface area contributed by atoms with Crippen LogP contribution in [0.25, 0.3) is 6.08 Å². The predicted molar refractivity (Wildman–Crippen MR) is 87.8 cm³/mol. The number of benzene rings is 2. The minimum Gasteiger partial charge on any atom is -0.335 e. The van der Waals surface area contributed by atoms with Crippen LogP contribution in [0.5, 0.6) is 0 Å². The molecule has 0 saturated heterocycles. The molecule has 0 aromatic heterocycles. The van der Waals surface area contributed by atoms with Gasteiger partial charge in [-0.15, -0.1) is 0 Å². The Morgan fingerprint density at radius 3 is 2.35 bits per heavy atom. The fourth-order valence-corrected chi connectivity index (χ4v) is 2.15. The zero-order valence-corrected chi connectivity index (χ0v) is 13.4. The summed E-state index contributed by atoms with van der Waals surface area (Å²) in [5.74, 6) is -2.01. The Balaban J connectivity index is 2.08. The van der Waals surface area contributed by atoms with Gasteiger partial charge in [0.1, 0.15) is 0 Å². The van der Waals surface area contributed by atoms with Crippen molar-refractivity contribution in [2.24, 2.45) is 0 Å². The van der Waals surface area contributed by atoms with E-state index < -0.39 is 11.6 Å². The Kier molecular flexibility index (Phi) is 5.27. The first kappa shape index (κ1) is 16.9. The second-order valence-corrected chi connectivity index (χ2v) is 5.54. The van der Waals surface area contributed by atoms with E-state index in [9.17, 15) is 13.6 Å². The van der Waals surface area contributed by atoms with Gasteiger partial charge >= 0.3 is 0 Å². The molecule has 2 rings (SSSR count). The SMILES string of the molecule is Cc1ccc(/C=C/C(=O)N(C)C(C)c2ccc(F)c(F)c2)cc1. The maximum atomic E-state index is 13.3. The van der Waals surface area contributed by atoms with Crippen LogP contribution in [0.4, 0.5) is 8.78 Å². The van der Waals surface area contributed by atoms with Gasteiger partial charge in [-0.1, -0.05) is 35.9 Å². The standard InChI is InChI=1S/C19H19F2NO/c1-13-4-6-15(7-5-13)8-11-19(23)22(3)14(2)16-9-10-17(20)18(21)12-16/h4-12,14H,1-3H3/b11-8+. The molecule has 0 heterocycles. The number of amides is 1. The summed E-state index contributed by atoms with van der Waals surface area (Å²) in [6, 6.07) is 11.1. The summed E-state index contributed by atoms with van der Waals surface area (Å²) in [5.41, 5.74) is 2.62. The number of carbonyl (C=O) groups excluding carboxylic acids is 1. The first-order valence-electron chi connectivity index (χ1n) is 7.35. The molecule has 0 bridgehead atoms. The number of hydrogen-bond acceptors (Lipinski definition) is 1. The van der Waals surface area contributed by atoms with E-state index in [1.54, 1.807) is 20.0 Å². The van der Waals surface area contributed by atoms with Crippen LogP contribution >= 0.6 is 0 Å². The summed E-state index contributed by atoms with van der Waals surface area (Å²) >= 11 is 0. The van der Waals surface area contributed by atoms with Crippen molar-refractivity contribution >= 4 is 12.0 Å². The summed E-state index contributed by atoms with van der Waals surface area (Å²) in [6.45, 7) is 3.76. The quantitative estimate of drug-likeness (QED) is 0.760. The molecular formula is C19H19F2NO. The molecule has 1 atom stereocenters. The maximum absolute atomic E-state index is 13.3. The summed E-state index contributed by atoms with van der Waals surface area (Å²) in [7, 11) is 1.63. The number of nitrogens with zero attached hydrogens (tertiary/aromatic N) is 1. The van der Waals surface area contributed by atoms with Crippen LogP contribution in [0.3, 0.4) is 0 Å². The molecule has 2 nitrogen and oxygen atoms in total. The van der Waals surface area contributed by atoms with E-state index in [2.05, 4.69) is 0 Å². The van der Waals surface area contributed by atoms with Gasteiger partial charge in [0.05, 0.1) is 6.04 Å². The predicted octanol–water partition coefficient (Wildman–Crippen LogP) is 4.51. The van der Waals surface area contributed by atoms with Crippen LogP contribution in [0, 0.1) is 18.6 Å². The van der Waals surface area contributed by atoms with E-state index in [-0.39, 0.29) is 11.9 Å². The minimum absolute atomic E-state index is 0.206. The molecule has 1 unspecified atom stereocenters. The van der Waals surface area contributed by atoms with Gasteiger partial charge in [-0.05, 0) is 43.2 Å². The lowest BCUT2D eigenvalue weighted by molar-refractivity contribution is -0.126. The third-order valence-electron chi connectivity index (χ3n) is 3.85. The van der Waals surface area contributed by atoms with Crippen LogP contribution < -0.4 is 0 Å². The fraction of sp³-hybridized carbons (Fsp3) is 0.211. The lowest BCUT2D eigenvalue weighted by atomic mass is 10.1. The van der Waals surface area contributed by atoms with Gasteiger partial charge in [0.25, 0.3) is 0 Å². The Morgan fingerprint density at radius 2 is 1.74 bits per heavy atom. The van der Waals surface area contributed by atoms with E-state index in [0.717, 1.165) is 23.3 Å². The Hall–Kier alpha value is -2.49. The maximum Gasteiger partial charge on any atom is 0.246 e. The van der Waals surface area contributed by atoms with Gasteiger partial charge in [-0.2, -0.15) is 0 Å². The molecule has 0 radical (unpaired) electrons. The van der Waals surface area contributed by atoms with Gasteiger partial charge in [-0.3, -0.25) is 4.79 Å². The van der Waals surface area contributed by atoms with E-state index in [0.29, 0.717) is 5.56 Å². The van der Waals surface area contributed by atoms with Gasteiger partial charge in [0.15, 0.2) is 11.6 Å². The lowest BCUT2D eigenvalue weighted by Gasteiger charge is -2.24. The highest BCUT2D eigenvalue weighted by molar-refractivity contribution is 5.91. The topological polar surface area (TPSA) is 20.3 Å². The van der Waals surface area contributed by atoms with E-state index >= 15 is 0 Å². The van der Waals surface area contributed by atoms with Crippen LogP contribution in [-0.4, -0.2) is 17.9 Å². The van der Waals surface area contributed by atoms with Gasteiger partial charge in [0, 0.05) is 13.1 Å². The van der Waals surface area contributed by atoms with Crippen molar-refractivity contribution < 1.29 is 13.6 Å². The number of hydrogen-bond donors (Lipinski definition) is 0. The molecule has 23 heavy (non-hydrogen) atoms. The number of likely N-dealkylation sites (N-methyl/N-ethyl adjacent to an activating group) is 1. The molecule has 2 aromatic carbocycles. The number of rotatable bonds is 4. The molecule has 0 saturated carbocycles. The molecular weight excluding hydrogens is 296 g/mol. The highest BCUT2D eigenvalue weighted by atomic mass is 19.2. The third-order valence-corrected chi connectivity index (χ3v) is 3.85. The third kappa shape index (κ3) is 4.25. The van der Waals surface area contributed by atoms with Crippen LogP contribution in [0.15, 0.2) is 48.5 Å². The highest BCUT2D eigenvalue weighted by Gasteiger charge is 2.16. The zero-order chi connectivity index (χ0) is 17.0. The first-order chi connectivity index (χ1) is 10.9. The van der Waals surface area contributed by atoms with E-state index in [4.69, 9.17) is 0 Å². The van der Waals surface area contributed by atoms with Gasteiger partial charge in [0.2, 0.25) is 5.91 Å². The van der Waals surface area contributed by atoms with Crippen molar-refractivity contribution in [2.45, 2.75) is 19.9 Å². The molecule has 2 aromatic rings. The molecule has 0 aliphatic heterocycles. The van der Waals surface area contributed by atoms with Crippen molar-refractivity contribution in [3.8, 4) is 0 Å². The highest BCUT2D eigenvalue weighted by Crippen LogP contribution is 2.21. The number of halogens is 2. The van der Waals surface area contributed by atoms with Crippen molar-refractivity contribution in [3.05, 3.63) is 76.9 Å². The van der Waals surface area contributed by atoms with Crippen molar-refractivity contribution in [3.63, 3.8) is 0 Å². The molecule has 0 fully saturated rings. The van der Waals surface area contributed by atoms with Crippen molar-refractivity contribution in [1.29, 1.82) is 0 Å². The lowest BCUT2D eigenvalue weighted by Crippen LogP contribution is -2.28. The Bertz CT molecular complexity index is 723. The summed E-state index contributed by atoms with van der Waals surface area (Å²) in [4.78, 5) is 13.7. The first-order valence-corrected chi connectivity index (χ1v) is 7.35. The zero-order valence-electron chi connectivity index (χ0n) is 13.4. The largest absolute Gasteiger partial charge is 0.335 e. The molecule has 4 heteroatoms. The normalized spacial score (nSPS) is 12.4. The van der Waals surface area contributed by atoms with E-state index in [1.165, 1.54) is 17.0 Å². The van der Waals surface area contributed by atoms with Crippen molar-refractivity contribution in [2.75, 3.05) is 7.05 Å². The van der Waals surface area contributed by atoms with Crippen LogP contribution in [0.2, 0.25) is 0 Å². The average molecular weight is 315 g/mol. The summed E-state index contributed by atoms with van der Waals surface area (Å²) in [5, 5.41) is 0. The van der Waals surface area contributed by atoms with Gasteiger partial charge in [-0.25, -0.2) is 8.78 Å². The summed E-state index contributed by atoms with van der Waals surface area (Å²) in [6.07, 6.45) is 3.21. The molecule has 0 aliphatic rings. The molecule has 1 amide bonds. The van der Waals surface area contributed by atoms with Crippen molar-refractivity contribution in [1.82, 2.24) is 4.90 Å². The average Bonchev–Trinajstić information content (AvgIpc) is 2.55. The molecule has 120 valence electrons. The Morgan fingerprint density at radius 1 is 1.09 bits per heavy atom. The molecule has 0 spiro atoms. The molecule has 0 aliphatic carbocycles. The second kappa shape index (κ2) is 7.18. The summed E-state index contributed by atoms with van der Waals surface area (Å²) < 4.78 is 26.3. The fourth-order valence-electron chi connectivity index (χ4n) is 2.15. The minimum atomic E-state index is -0.912. The Labute approximate surface area is 135 Å². The smallest absolute Gasteiger partial charge is 0.246 e. The van der Waals surface area contributed by atoms with Gasteiger partial charge < -0.3 is 4.90 Å². The van der Waals surface area contributed by atoms with Crippen LogP contribution in [0.1, 0.15) is 29.7 Å².